The first-order chi connectivity index (χ1) is 20.4. The van der Waals surface area contributed by atoms with Gasteiger partial charge < -0.3 is 18.9 Å². The van der Waals surface area contributed by atoms with Gasteiger partial charge in [-0.1, -0.05) is 102 Å². The maximum absolute atomic E-state index is 12.2. The summed E-state index contributed by atoms with van der Waals surface area (Å²) in [7, 11) is 3.12. The summed E-state index contributed by atoms with van der Waals surface area (Å²) in [5.74, 6) is 0.861. The van der Waals surface area contributed by atoms with Crippen LogP contribution in [0.25, 0.3) is 12.2 Å². The highest BCUT2D eigenvalue weighted by Gasteiger charge is 2.17. The van der Waals surface area contributed by atoms with E-state index in [1.165, 1.54) is 38.9 Å². The van der Waals surface area contributed by atoms with E-state index in [9.17, 15) is 9.59 Å². The monoisotopic (exact) mass is 580 g/mol. The molecule has 0 bridgehead atoms. The predicted molar refractivity (Wildman–Crippen MR) is 172 cm³/mol. The first-order valence-corrected chi connectivity index (χ1v) is 15.4. The summed E-state index contributed by atoms with van der Waals surface area (Å²) in [4.78, 5) is 23.9. The van der Waals surface area contributed by atoms with E-state index in [1.807, 2.05) is 61.5 Å². The van der Waals surface area contributed by atoms with Crippen LogP contribution < -0.4 is 4.74 Å². The number of benzene rings is 2. The number of unbranched alkanes of at least 4 members (excludes halogenated alkanes) is 3. The van der Waals surface area contributed by atoms with Crippen LogP contribution in [0.3, 0.4) is 0 Å². The molecule has 0 heterocycles. The zero-order chi connectivity index (χ0) is 31.0. The third-order valence-electron chi connectivity index (χ3n) is 6.91. The summed E-state index contributed by atoms with van der Waals surface area (Å²) < 4.78 is 21.1. The molecule has 6 heteroatoms. The Labute approximate surface area is 254 Å². The van der Waals surface area contributed by atoms with Gasteiger partial charge in [0.1, 0.15) is 11.9 Å². The summed E-state index contributed by atoms with van der Waals surface area (Å²) in [5.41, 5.74) is 1.87. The smallest absolute Gasteiger partial charge is 0.373 e. The molecule has 6 nitrogen and oxygen atoms in total. The summed E-state index contributed by atoms with van der Waals surface area (Å²) in [6.45, 7) is 9.04. The van der Waals surface area contributed by atoms with Crippen LogP contribution in [0.4, 0.5) is 0 Å². The molecule has 0 saturated heterocycles. The number of methoxy groups -OCH3 is 2. The average Bonchev–Trinajstić information content (AvgIpc) is 3.03. The minimum atomic E-state index is -0.385. The van der Waals surface area contributed by atoms with Gasteiger partial charge in [-0.25, -0.2) is 9.59 Å². The Kier molecular flexibility index (Phi) is 20.0. The Hall–Kier alpha value is -3.54. The molecule has 0 aromatic heterocycles. The number of ether oxygens (including phenoxy) is 4. The first kappa shape index (κ1) is 36.5. The fraction of sp³-hybridized carbons (Fsp3) is 0.500. The lowest BCUT2D eigenvalue weighted by Crippen LogP contribution is -2.19. The minimum Gasteiger partial charge on any atom is -0.497 e. The van der Waals surface area contributed by atoms with Crippen molar-refractivity contribution in [1.82, 2.24) is 0 Å². The lowest BCUT2D eigenvalue weighted by atomic mass is 10.0. The highest BCUT2D eigenvalue weighted by atomic mass is 16.6. The quantitative estimate of drug-likeness (QED) is 0.0758. The Morgan fingerprint density at radius 1 is 0.786 bits per heavy atom. The number of esters is 2. The molecule has 0 amide bonds. The van der Waals surface area contributed by atoms with Crippen molar-refractivity contribution in [3.63, 3.8) is 0 Å². The van der Waals surface area contributed by atoms with Crippen LogP contribution in [0.5, 0.6) is 5.75 Å². The molecule has 0 aliphatic rings. The fourth-order valence-electron chi connectivity index (χ4n) is 4.11. The molecule has 0 aliphatic carbocycles. The average molecular weight is 581 g/mol. The van der Waals surface area contributed by atoms with E-state index >= 15 is 0 Å². The minimum absolute atomic E-state index is 0.0293. The molecule has 232 valence electrons. The molecule has 0 aliphatic heterocycles. The van der Waals surface area contributed by atoms with Crippen LogP contribution in [-0.2, 0) is 23.8 Å². The second-order valence-electron chi connectivity index (χ2n) is 10.2. The third kappa shape index (κ3) is 16.0. The maximum atomic E-state index is 12.2. The highest BCUT2D eigenvalue weighted by molar-refractivity contribution is 5.91. The van der Waals surface area contributed by atoms with E-state index in [4.69, 9.17) is 18.9 Å². The van der Waals surface area contributed by atoms with Gasteiger partial charge in [-0.3, -0.25) is 0 Å². The summed E-state index contributed by atoms with van der Waals surface area (Å²) in [6.07, 6.45) is 14.6. The van der Waals surface area contributed by atoms with Crippen molar-refractivity contribution in [3.8, 4) is 5.75 Å². The largest absolute Gasteiger partial charge is 0.497 e. The lowest BCUT2D eigenvalue weighted by molar-refractivity contribution is -0.148. The van der Waals surface area contributed by atoms with E-state index in [0.29, 0.717) is 12.5 Å². The van der Waals surface area contributed by atoms with Gasteiger partial charge in [0.15, 0.2) is 0 Å². The normalized spacial score (nSPS) is 12.6. The van der Waals surface area contributed by atoms with Gasteiger partial charge >= 0.3 is 11.9 Å². The van der Waals surface area contributed by atoms with Gasteiger partial charge in [-0.2, -0.15) is 0 Å². The van der Waals surface area contributed by atoms with Crippen molar-refractivity contribution in [2.45, 2.75) is 91.6 Å². The molecular weight excluding hydrogens is 528 g/mol. The number of hydrogen-bond donors (Lipinski definition) is 0. The van der Waals surface area contributed by atoms with Crippen LogP contribution in [0.15, 0.2) is 66.4 Å². The van der Waals surface area contributed by atoms with Crippen molar-refractivity contribution >= 4 is 24.1 Å². The molecule has 2 aromatic carbocycles. The van der Waals surface area contributed by atoms with Gasteiger partial charge in [-0.05, 0) is 67.0 Å². The second kappa shape index (κ2) is 23.1. The molecule has 2 rings (SSSR count). The summed E-state index contributed by atoms with van der Waals surface area (Å²) >= 11 is 0. The van der Waals surface area contributed by atoms with Crippen molar-refractivity contribution in [3.05, 3.63) is 77.6 Å². The molecule has 2 atom stereocenters. The Morgan fingerprint density at radius 3 is 2.05 bits per heavy atom. The van der Waals surface area contributed by atoms with E-state index in [2.05, 4.69) is 20.8 Å². The lowest BCUT2D eigenvalue weighted by Gasteiger charge is -2.16. The van der Waals surface area contributed by atoms with E-state index in [1.54, 1.807) is 19.3 Å². The molecule has 0 radical (unpaired) electrons. The van der Waals surface area contributed by atoms with E-state index in [0.717, 1.165) is 49.0 Å². The standard InChI is InChI=1S/2C18H26O3/c1-4-6-8-13-16(5-2)21-18(19)17(20-3)14-15-11-9-7-10-12-15;1-4-6-7-15(5-2)14-21-18(19)13-10-16-8-11-17(20-3)12-9-16/h7,9-12,14,16H,4-6,8,13H2,1-3H3;8-13,15H,4-7,14H2,1-3H3. The van der Waals surface area contributed by atoms with Gasteiger partial charge in [0.25, 0.3) is 0 Å². The summed E-state index contributed by atoms with van der Waals surface area (Å²) in [5, 5.41) is 0. The maximum Gasteiger partial charge on any atom is 0.373 e. The molecule has 2 aromatic rings. The van der Waals surface area contributed by atoms with Gasteiger partial charge in [-0.15, -0.1) is 0 Å². The third-order valence-corrected chi connectivity index (χ3v) is 6.91. The first-order valence-electron chi connectivity index (χ1n) is 15.4. The molecule has 0 fully saturated rings. The zero-order valence-corrected chi connectivity index (χ0v) is 26.6. The van der Waals surface area contributed by atoms with Gasteiger partial charge in [0.2, 0.25) is 5.76 Å². The van der Waals surface area contributed by atoms with Crippen molar-refractivity contribution in [2.24, 2.45) is 5.92 Å². The Balaban J connectivity index is 0.000000420. The topological polar surface area (TPSA) is 71.1 Å². The summed E-state index contributed by atoms with van der Waals surface area (Å²) in [6, 6.07) is 17.1. The zero-order valence-electron chi connectivity index (χ0n) is 26.6. The van der Waals surface area contributed by atoms with Crippen LogP contribution in [-0.4, -0.2) is 38.9 Å². The predicted octanol–water partition coefficient (Wildman–Crippen LogP) is 9.04. The molecule has 42 heavy (non-hydrogen) atoms. The van der Waals surface area contributed by atoms with Crippen LogP contribution >= 0.6 is 0 Å². The van der Waals surface area contributed by atoms with Crippen LogP contribution in [0, 0.1) is 5.92 Å². The molecule has 0 saturated carbocycles. The van der Waals surface area contributed by atoms with Crippen molar-refractivity contribution < 1.29 is 28.5 Å². The SMILES string of the molecule is CCCCC(CC)COC(=O)C=Cc1ccc(OC)cc1.CCCCCC(CC)OC(=O)C(=Cc1ccccc1)OC. The number of carbonyl (C=O) groups excluding carboxylic acids is 2. The van der Waals surface area contributed by atoms with Gasteiger partial charge in [0.05, 0.1) is 20.8 Å². The highest BCUT2D eigenvalue weighted by Crippen LogP contribution is 2.16. The van der Waals surface area contributed by atoms with Crippen molar-refractivity contribution in [2.75, 3.05) is 20.8 Å². The molecule has 0 spiro atoms. The number of rotatable bonds is 18. The molecular formula is C36H52O6. The second-order valence-corrected chi connectivity index (χ2v) is 10.2. The van der Waals surface area contributed by atoms with Crippen LogP contribution in [0.2, 0.25) is 0 Å². The molecule has 2 unspecified atom stereocenters. The van der Waals surface area contributed by atoms with Crippen LogP contribution in [0.1, 0.15) is 96.6 Å². The van der Waals surface area contributed by atoms with Gasteiger partial charge in [0, 0.05) is 6.08 Å². The fourth-order valence-corrected chi connectivity index (χ4v) is 4.11. The number of carbonyl (C=O) groups is 2. The number of hydrogen-bond acceptors (Lipinski definition) is 6. The van der Waals surface area contributed by atoms with E-state index < -0.39 is 0 Å². The van der Waals surface area contributed by atoms with E-state index in [-0.39, 0.29) is 23.8 Å². The Morgan fingerprint density at radius 2 is 1.48 bits per heavy atom. The molecule has 0 N–H and O–H groups in total. The Bertz CT molecular complexity index is 1040. The van der Waals surface area contributed by atoms with Crippen molar-refractivity contribution in [1.29, 1.82) is 0 Å².